The highest BCUT2D eigenvalue weighted by molar-refractivity contribution is 5.34. The van der Waals surface area contributed by atoms with Gasteiger partial charge in [-0.15, -0.1) is 0 Å². The summed E-state index contributed by atoms with van der Waals surface area (Å²) in [6.45, 7) is 6.12. The first-order valence-corrected chi connectivity index (χ1v) is 6.53. The Labute approximate surface area is 117 Å². The van der Waals surface area contributed by atoms with E-state index < -0.39 is 0 Å². The third-order valence-electron chi connectivity index (χ3n) is 3.13. The number of ether oxygens (including phenoxy) is 1. The molecule has 0 unspecified atom stereocenters. The molecule has 0 amide bonds. The summed E-state index contributed by atoms with van der Waals surface area (Å²) < 4.78 is 7.72. The Hall–Kier alpha value is -2.43. The third kappa shape index (κ3) is 2.34. The number of rotatable bonds is 3. The lowest BCUT2D eigenvalue weighted by Crippen LogP contribution is -2.10. The molecular weight excluding hydrogens is 252 g/mol. The molecule has 2 heterocycles. The van der Waals surface area contributed by atoms with Crippen molar-refractivity contribution in [2.45, 2.75) is 26.9 Å². The monoisotopic (exact) mass is 268 g/mol. The van der Waals surface area contributed by atoms with Crippen molar-refractivity contribution in [2.75, 3.05) is 0 Å². The molecule has 0 radical (unpaired) electrons. The minimum Gasteiger partial charge on any atom is -0.484 e. The third-order valence-corrected chi connectivity index (χ3v) is 3.13. The Bertz CT molecular complexity index is 730. The molecule has 2 aromatic heterocycles. The van der Waals surface area contributed by atoms with E-state index in [9.17, 15) is 0 Å². The van der Waals surface area contributed by atoms with Gasteiger partial charge in [0.05, 0.1) is 5.69 Å². The van der Waals surface area contributed by atoms with Crippen molar-refractivity contribution in [1.82, 2.24) is 19.6 Å². The minimum atomic E-state index is -0.136. The van der Waals surface area contributed by atoms with Crippen LogP contribution in [0.1, 0.15) is 29.8 Å². The standard InChI is InChI=1S/C15H16N4O/c1-10-6-11(2)8-13(7-10)20-12(3)14-4-5-16-15-17-9-18-19(14)15/h4-9,12H,1-3H3/t12-/m0/s1. The smallest absolute Gasteiger partial charge is 0.252 e. The maximum Gasteiger partial charge on any atom is 0.252 e. The number of nitrogens with zero attached hydrogens (tertiary/aromatic N) is 4. The van der Waals surface area contributed by atoms with Crippen LogP contribution in [0.2, 0.25) is 0 Å². The van der Waals surface area contributed by atoms with Crippen LogP contribution in [0.5, 0.6) is 5.75 Å². The van der Waals surface area contributed by atoms with Gasteiger partial charge in [0.1, 0.15) is 18.2 Å². The Morgan fingerprint density at radius 1 is 1.10 bits per heavy atom. The SMILES string of the molecule is Cc1cc(C)cc(O[C@@H](C)c2ccnc3ncnn23)c1. The Morgan fingerprint density at radius 3 is 2.60 bits per heavy atom. The number of hydrogen-bond donors (Lipinski definition) is 0. The lowest BCUT2D eigenvalue weighted by Gasteiger charge is -2.16. The number of hydrogen-bond acceptors (Lipinski definition) is 4. The molecule has 3 aromatic rings. The van der Waals surface area contributed by atoms with Crippen LogP contribution in [-0.2, 0) is 0 Å². The first kappa shape index (κ1) is 12.6. The molecule has 102 valence electrons. The first-order valence-electron chi connectivity index (χ1n) is 6.53. The van der Waals surface area contributed by atoms with Crippen molar-refractivity contribution < 1.29 is 4.74 Å². The van der Waals surface area contributed by atoms with E-state index in [1.165, 1.54) is 17.5 Å². The molecule has 0 aliphatic carbocycles. The van der Waals surface area contributed by atoms with Crippen molar-refractivity contribution in [3.63, 3.8) is 0 Å². The molecule has 5 nitrogen and oxygen atoms in total. The predicted molar refractivity (Wildman–Crippen MR) is 75.7 cm³/mol. The van der Waals surface area contributed by atoms with Crippen molar-refractivity contribution in [2.24, 2.45) is 0 Å². The van der Waals surface area contributed by atoms with Gasteiger partial charge in [-0.3, -0.25) is 0 Å². The van der Waals surface area contributed by atoms with Gasteiger partial charge in [-0.25, -0.2) is 4.98 Å². The molecule has 0 aliphatic rings. The highest BCUT2D eigenvalue weighted by Crippen LogP contribution is 2.23. The number of aromatic nitrogens is 4. The molecule has 0 fully saturated rings. The molecule has 1 atom stereocenters. The van der Waals surface area contributed by atoms with Crippen LogP contribution >= 0.6 is 0 Å². The van der Waals surface area contributed by atoms with E-state index in [0.717, 1.165) is 11.4 Å². The summed E-state index contributed by atoms with van der Waals surface area (Å²) in [7, 11) is 0. The van der Waals surface area contributed by atoms with E-state index in [4.69, 9.17) is 4.74 Å². The molecule has 0 spiro atoms. The quantitative estimate of drug-likeness (QED) is 0.733. The summed E-state index contributed by atoms with van der Waals surface area (Å²) >= 11 is 0. The van der Waals surface area contributed by atoms with Gasteiger partial charge in [-0.2, -0.15) is 14.6 Å². The highest BCUT2D eigenvalue weighted by Gasteiger charge is 2.13. The van der Waals surface area contributed by atoms with Crippen LogP contribution in [-0.4, -0.2) is 19.6 Å². The molecule has 0 N–H and O–H groups in total. The molecule has 5 heteroatoms. The fourth-order valence-corrected chi connectivity index (χ4v) is 2.33. The Kier molecular flexibility index (Phi) is 3.10. The number of aryl methyl sites for hydroxylation is 2. The summed E-state index contributed by atoms with van der Waals surface area (Å²) in [5, 5.41) is 4.18. The second-order valence-electron chi connectivity index (χ2n) is 4.93. The molecule has 0 saturated carbocycles. The largest absolute Gasteiger partial charge is 0.484 e. The molecule has 0 saturated heterocycles. The summed E-state index contributed by atoms with van der Waals surface area (Å²) in [6, 6.07) is 8.08. The van der Waals surface area contributed by atoms with E-state index in [1.54, 1.807) is 10.7 Å². The van der Waals surface area contributed by atoms with Crippen LogP contribution in [0.4, 0.5) is 0 Å². The zero-order chi connectivity index (χ0) is 14.1. The van der Waals surface area contributed by atoms with Crippen LogP contribution in [0.25, 0.3) is 5.78 Å². The zero-order valence-corrected chi connectivity index (χ0v) is 11.7. The lowest BCUT2D eigenvalue weighted by atomic mass is 10.1. The Morgan fingerprint density at radius 2 is 1.85 bits per heavy atom. The molecule has 20 heavy (non-hydrogen) atoms. The normalized spacial score (nSPS) is 12.6. The predicted octanol–water partition coefficient (Wildman–Crippen LogP) is 2.88. The minimum absolute atomic E-state index is 0.136. The van der Waals surface area contributed by atoms with Crippen molar-refractivity contribution in [3.05, 3.63) is 53.6 Å². The van der Waals surface area contributed by atoms with Crippen molar-refractivity contribution >= 4 is 5.78 Å². The van der Waals surface area contributed by atoms with Crippen LogP contribution < -0.4 is 4.74 Å². The second-order valence-corrected chi connectivity index (χ2v) is 4.93. The number of fused-ring (bicyclic) bond motifs is 1. The average molecular weight is 268 g/mol. The van der Waals surface area contributed by atoms with Gasteiger partial charge in [0, 0.05) is 6.20 Å². The van der Waals surface area contributed by atoms with Gasteiger partial charge in [-0.1, -0.05) is 6.07 Å². The van der Waals surface area contributed by atoms with Gasteiger partial charge >= 0.3 is 0 Å². The summed E-state index contributed by atoms with van der Waals surface area (Å²) in [6.07, 6.45) is 3.08. The summed E-state index contributed by atoms with van der Waals surface area (Å²) in [5.41, 5.74) is 3.30. The highest BCUT2D eigenvalue weighted by atomic mass is 16.5. The fraction of sp³-hybridized carbons (Fsp3) is 0.267. The maximum absolute atomic E-state index is 6.02. The fourth-order valence-electron chi connectivity index (χ4n) is 2.33. The van der Waals surface area contributed by atoms with Gasteiger partial charge in [0.25, 0.3) is 5.78 Å². The average Bonchev–Trinajstić information content (AvgIpc) is 2.85. The van der Waals surface area contributed by atoms with Crippen LogP contribution in [0, 0.1) is 13.8 Å². The van der Waals surface area contributed by atoms with Crippen molar-refractivity contribution in [1.29, 1.82) is 0 Å². The van der Waals surface area contributed by atoms with E-state index in [1.807, 2.05) is 25.1 Å². The van der Waals surface area contributed by atoms with Gasteiger partial charge in [0.2, 0.25) is 0 Å². The maximum atomic E-state index is 6.02. The van der Waals surface area contributed by atoms with E-state index in [0.29, 0.717) is 5.78 Å². The summed E-state index contributed by atoms with van der Waals surface area (Å²) in [5.74, 6) is 1.44. The molecule has 0 bridgehead atoms. The summed E-state index contributed by atoms with van der Waals surface area (Å²) in [4.78, 5) is 8.24. The van der Waals surface area contributed by atoms with Gasteiger partial charge in [-0.05, 0) is 50.1 Å². The number of benzene rings is 1. The van der Waals surface area contributed by atoms with Crippen LogP contribution in [0.3, 0.4) is 0 Å². The second kappa shape index (κ2) is 4.92. The van der Waals surface area contributed by atoms with E-state index in [2.05, 4.69) is 35.0 Å². The molecule has 3 rings (SSSR count). The molecular formula is C15H16N4O. The van der Waals surface area contributed by atoms with E-state index in [-0.39, 0.29) is 6.10 Å². The topological polar surface area (TPSA) is 52.3 Å². The molecule has 0 aliphatic heterocycles. The van der Waals surface area contributed by atoms with Crippen molar-refractivity contribution in [3.8, 4) is 5.75 Å². The van der Waals surface area contributed by atoms with E-state index >= 15 is 0 Å². The Balaban J connectivity index is 1.92. The zero-order valence-electron chi connectivity index (χ0n) is 11.7. The lowest BCUT2D eigenvalue weighted by molar-refractivity contribution is 0.218. The van der Waals surface area contributed by atoms with Gasteiger partial charge in [0.15, 0.2) is 0 Å². The van der Waals surface area contributed by atoms with Crippen LogP contribution in [0.15, 0.2) is 36.8 Å². The van der Waals surface area contributed by atoms with Gasteiger partial charge < -0.3 is 4.74 Å². The molecule has 1 aromatic carbocycles. The first-order chi connectivity index (χ1) is 9.63.